The van der Waals surface area contributed by atoms with Crippen LogP contribution in [-0.4, -0.2) is 4.92 Å². The van der Waals surface area contributed by atoms with E-state index in [4.69, 9.17) is 10.00 Å². The summed E-state index contributed by atoms with van der Waals surface area (Å²) in [5, 5.41) is 19.7. The van der Waals surface area contributed by atoms with Gasteiger partial charge in [0.1, 0.15) is 23.1 Å². The molecule has 5 nitrogen and oxygen atoms in total. The second-order valence-corrected chi connectivity index (χ2v) is 4.54. The molecular formula is C16H14N2O3. The number of aryl methyl sites for hydroxylation is 1. The molecule has 21 heavy (non-hydrogen) atoms. The van der Waals surface area contributed by atoms with E-state index < -0.39 is 4.92 Å². The average molecular weight is 282 g/mol. The first-order valence-electron chi connectivity index (χ1n) is 6.59. The van der Waals surface area contributed by atoms with Gasteiger partial charge in [0.15, 0.2) is 0 Å². The Morgan fingerprint density at radius 1 is 1.19 bits per heavy atom. The first-order chi connectivity index (χ1) is 10.1. The molecular weight excluding hydrogens is 268 g/mol. The Morgan fingerprint density at radius 3 is 2.43 bits per heavy atom. The van der Waals surface area contributed by atoms with Crippen molar-refractivity contribution < 1.29 is 9.66 Å². The summed E-state index contributed by atoms with van der Waals surface area (Å²) in [5.41, 5.74) is 0.985. The van der Waals surface area contributed by atoms with Gasteiger partial charge in [-0.25, -0.2) is 0 Å². The molecule has 0 spiro atoms. The Hall–Kier alpha value is -2.87. The Bertz CT molecular complexity index is 688. The fourth-order valence-corrected chi connectivity index (χ4v) is 1.97. The molecule has 0 N–H and O–H groups in total. The Kier molecular flexibility index (Phi) is 4.52. The molecule has 2 rings (SSSR count). The van der Waals surface area contributed by atoms with E-state index in [0.29, 0.717) is 11.5 Å². The van der Waals surface area contributed by atoms with E-state index in [-0.39, 0.29) is 11.3 Å². The summed E-state index contributed by atoms with van der Waals surface area (Å²) in [6.45, 7) is 2.11. The second-order valence-electron chi connectivity index (χ2n) is 4.54. The molecule has 5 heteroatoms. The zero-order valence-electron chi connectivity index (χ0n) is 11.6. The van der Waals surface area contributed by atoms with Gasteiger partial charge in [-0.15, -0.1) is 0 Å². The first-order valence-corrected chi connectivity index (χ1v) is 6.59. The first kappa shape index (κ1) is 14.5. The molecule has 0 fully saturated rings. The molecule has 0 saturated heterocycles. The molecule has 0 saturated carbocycles. The van der Waals surface area contributed by atoms with Crippen LogP contribution >= 0.6 is 0 Å². The number of hydrogen-bond acceptors (Lipinski definition) is 4. The zero-order chi connectivity index (χ0) is 15.2. The van der Waals surface area contributed by atoms with Crippen molar-refractivity contribution in [1.29, 1.82) is 5.26 Å². The van der Waals surface area contributed by atoms with Crippen LogP contribution in [0.15, 0.2) is 42.5 Å². The molecule has 2 aromatic carbocycles. The lowest BCUT2D eigenvalue weighted by Crippen LogP contribution is -1.93. The monoisotopic (exact) mass is 282 g/mol. The number of ether oxygens (including phenoxy) is 1. The lowest BCUT2D eigenvalue weighted by Gasteiger charge is -2.07. The quantitative estimate of drug-likeness (QED) is 0.608. The summed E-state index contributed by atoms with van der Waals surface area (Å²) < 4.78 is 5.59. The molecule has 0 aromatic heterocycles. The van der Waals surface area contributed by atoms with E-state index in [0.717, 1.165) is 12.8 Å². The summed E-state index contributed by atoms with van der Waals surface area (Å²) in [7, 11) is 0. The predicted octanol–water partition coefficient (Wildman–Crippen LogP) is 4.21. The highest BCUT2D eigenvalue weighted by Gasteiger charge is 2.15. The van der Waals surface area contributed by atoms with Crippen molar-refractivity contribution in [1.82, 2.24) is 0 Å². The lowest BCUT2D eigenvalue weighted by atomic mass is 10.1. The van der Waals surface area contributed by atoms with Crippen LogP contribution in [0.3, 0.4) is 0 Å². The van der Waals surface area contributed by atoms with Crippen LogP contribution in [0.25, 0.3) is 0 Å². The van der Waals surface area contributed by atoms with E-state index in [1.165, 1.54) is 17.7 Å². The van der Waals surface area contributed by atoms with E-state index >= 15 is 0 Å². The highest BCUT2D eigenvalue weighted by molar-refractivity contribution is 5.53. The van der Waals surface area contributed by atoms with Gasteiger partial charge in [0.2, 0.25) is 0 Å². The van der Waals surface area contributed by atoms with Crippen LogP contribution in [0, 0.1) is 21.4 Å². The average Bonchev–Trinajstić information content (AvgIpc) is 2.49. The number of nitrogens with zero attached hydrogens (tertiary/aromatic N) is 2. The van der Waals surface area contributed by atoms with Crippen LogP contribution < -0.4 is 4.74 Å². The number of nitriles is 1. The van der Waals surface area contributed by atoms with Gasteiger partial charge in [-0.05, 0) is 36.2 Å². The topological polar surface area (TPSA) is 76.2 Å². The van der Waals surface area contributed by atoms with Crippen LogP contribution in [0.1, 0.15) is 24.5 Å². The number of nitro benzene ring substituents is 1. The Labute approximate surface area is 122 Å². The highest BCUT2D eigenvalue weighted by Crippen LogP contribution is 2.28. The molecule has 0 radical (unpaired) electrons. The fourth-order valence-electron chi connectivity index (χ4n) is 1.97. The minimum atomic E-state index is -0.588. The number of nitro groups is 1. The van der Waals surface area contributed by atoms with Crippen molar-refractivity contribution >= 4 is 5.69 Å². The fraction of sp³-hybridized carbons (Fsp3) is 0.188. The van der Waals surface area contributed by atoms with E-state index in [1.54, 1.807) is 12.1 Å². The Morgan fingerprint density at radius 2 is 1.86 bits per heavy atom. The molecule has 106 valence electrons. The van der Waals surface area contributed by atoms with Gasteiger partial charge in [0, 0.05) is 0 Å². The van der Waals surface area contributed by atoms with Gasteiger partial charge in [0.25, 0.3) is 5.69 Å². The largest absolute Gasteiger partial charge is 0.457 e. The van der Waals surface area contributed by atoms with Crippen LogP contribution in [0.4, 0.5) is 5.69 Å². The summed E-state index contributed by atoms with van der Waals surface area (Å²) >= 11 is 0. The minimum absolute atomic E-state index is 0.0191. The normalized spacial score (nSPS) is 9.90. The maximum atomic E-state index is 10.9. The molecule has 0 heterocycles. The van der Waals surface area contributed by atoms with Crippen molar-refractivity contribution in [3.63, 3.8) is 0 Å². The SMILES string of the molecule is CCCc1ccc(Oc2ccc(C#N)c([N+](=O)[O-])c2)cc1. The third kappa shape index (κ3) is 3.57. The molecule has 0 aliphatic carbocycles. The van der Waals surface area contributed by atoms with Gasteiger partial charge in [-0.1, -0.05) is 25.5 Å². The predicted molar refractivity (Wildman–Crippen MR) is 78.3 cm³/mol. The molecule has 0 unspecified atom stereocenters. The van der Waals surface area contributed by atoms with E-state index in [9.17, 15) is 10.1 Å². The van der Waals surface area contributed by atoms with Gasteiger partial charge >= 0.3 is 0 Å². The van der Waals surface area contributed by atoms with Crippen molar-refractivity contribution in [3.8, 4) is 17.6 Å². The summed E-state index contributed by atoms with van der Waals surface area (Å²) in [6.07, 6.45) is 2.07. The maximum Gasteiger partial charge on any atom is 0.290 e. The molecule has 0 aliphatic heterocycles. The standard InChI is InChI=1S/C16H14N2O3/c1-2-3-12-4-7-14(8-5-12)21-15-9-6-13(11-17)16(10-15)18(19)20/h4-10H,2-3H2,1H3. The van der Waals surface area contributed by atoms with Gasteiger partial charge in [0.05, 0.1) is 11.0 Å². The van der Waals surface area contributed by atoms with Gasteiger partial charge in [-0.2, -0.15) is 5.26 Å². The molecule has 0 atom stereocenters. The maximum absolute atomic E-state index is 10.9. The number of rotatable bonds is 5. The Balaban J connectivity index is 2.21. The van der Waals surface area contributed by atoms with Crippen LogP contribution in [-0.2, 0) is 6.42 Å². The van der Waals surface area contributed by atoms with Crippen molar-refractivity contribution in [2.75, 3.05) is 0 Å². The van der Waals surface area contributed by atoms with Crippen molar-refractivity contribution in [2.45, 2.75) is 19.8 Å². The van der Waals surface area contributed by atoms with Gasteiger partial charge in [-0.3, -0.25) is 10.1 Å². The van der Waals surface area contributed by atoms with Crippen molar-refractivity contribution in [2.24, 2.45) is 0 Å². The summed E-state index contributed by atoms with van der Waals surface area (Å²) in [4.78, 5) is 10.3. The lowest BCUT2D eigenvalue weighted by molar-refractivity contribution is -0.385. The van der Waals surface area contributed by atoms with Gasteiger partial charge < -0.3 is 4.74 Å². The highest BCUT2D eigenvalue weighted by atomic mass is 16.6. The third-order valence-corrected chi connectivity index (χ3v) is 2.98. The van der Waals surface area contributed by atoms with Crippen LogP contribution in [0.2, 0.25) is 0 Å². The second kappa shape index (κ2) is 6.53. The van der Waals surface area contributed by atoms with Crippen molar-refractivity contribution in [3.05, 3.63) is 63.7 Å². The molecule has 2 aromatic rings. The van der Waals surface area contributed by atoms with E-state index in [2.05, 4.69) is 6.92 Å². The summed E-state index contributed by atoms with van der Waals surface area (Å²) in [5.74, 6) is 0.942. The van der Waals surface area contributed by atoms with E-state index in [1.807, 2.05) is 24.3 Å². The minimum Gasteiger partial charge on any atom is -0.457 e. The van der Waals surface area contributed by atoms with Crippen LogP contribution in [0.5, 0.6) is 11.5 Å². The molecule has 0 amide bonds. The number of hydrogen-bond donors (Lipinski definition) is 0. The zero-order valence-corrected chi connectivity index (χ0v) is 11.6. The summed E-state index contributed by atoms with van der Waals surface area (Å²) in [6, 6.07) is 13.6. The third-order valence-electron chi connectivity index (χ3n) is 2.98. The molecule has 0 aliphatic rings. The molecule has 0 bridgehead atoms. The number of benzene rings is 2. The smallest absolute Gasteiger partial charge is 0.290 e.